The summed E-state index contributed by atoms with van der Waals surface area (Å²) in [6.45, 7) is 9.30. The van der Waals surface area contributed by atoms with E-state index in [0.29, 0.717) is 0 Å². The Morgan fingerprint density at radius 3 is 1.17 bits per heavy atom. The molecule has 2 aromatic rings. The molecule has 4 rings (SSSR count). The van der Waals surface area contributed by atoms with Crippen molar-refractivity contribution in [3.05, 3.63) is 59.7 Å². The lowest BCUT2D eigenvalue weighted by atomic mass is 10.1. The van der Waals surface area contributed by atoms with Crippen molar-refractivity contribution in [3.63, 3.8) is 0 Å². The van der Waals surface area contributed by atoms with Crippen molar-refractivity contribution in [2.24, 2.45) is 0 Å². The second kappa shape index (κ2) is 12.2. The minimum atomic E-state index is 0.823. The van der Waals surface area contributed by atoms with Gasteiger partial charge in [-0.05, 0) is 104 Å². The molecule has 0 aliphatic carbocycles. The van der Waals surface area contributed by atoms with Gasteiger partial charge in [-0.25, -0.2) is 0 Å². The van der Waals surface area contributed by atoms with Gasteiger partial charge in [0.15, 0.2) is 0 Å². The Kier molecular flexibility index (Phi) is 9.64. The number of hydrogen-bond acceptors (Lipinski definition) is 4. The average Bonchev–Trinajstić information content (AvgIpc) is 2.75. The van der Waals surface area contributed by atoms with E-state index in [1.54, 1.807) is 0 Å². The molecule has 2 aliphatic rings. The minimum absolute atomic E-state index is 0.823. The molecule has 0 N–H and O–H groups in total. The van der Waals surface area contributed by atoms with E-state index in [4.69, 9.17) is 0 Å². The highest BCUT2D eigenvalue weighted by atomic mass is 32.2. The van der Waals surface area contributed by atoms with Gasteiger partial charge in [0.05, 0.1) is 0 Å². The van der Waals surface area contributed by atoms with Crippen LogP contribution in [0, 0.1) is 13.8 Å². The molecule has 0 radical (unpaired) electrons. The Hall–Kier alpha value is -0.940. The second-order valence-corrected chi connectivity index (χ2v) is 11.6. The second-order valence-electron chi connectivity index (χ2n) is 8.87. The lowest BCUT2D eigenvalue weighted by molar-refractivity contribution is 0.282. The van der Waals surface area contributed by atoms with Crippen LogP contribution in [0.4, 0.5) is 0 Å². The zero-order valence-corrected chi connectivity index (χ0v) is 20.8. The van der Waals surface area contributed by atoms with Crippen molar-refractivity contribution >= 4 is 23.5 Å². The van der Waals surface area contributed by atoms with Crippen LogP contribution in [0.25, 0.3) is 0 Å². The van der Waals surface area contributed by atoms with E-state index in [1.165, 1.54) is 72.8 Å². The van der Waals surface area contributed by atoms with E-state index in [1.807, 2.05) is 23.5 Å². The van der Waals surface area contributed by atoms with Gasteiger partial charge in [-0.2, -0.15) is 0 Å². The predicted molar refractivity (Wildman–Crippen MR) is 135 cm³/mol. The molecule has 0 aromatic heterocycles. The fourth-order valence-corrected chi connectivity index (χ4v) is 6.07. The molecule has 2 saturated heterocycles. The standard InChI is InChI=1S/2C13H19NS/c2*1-11-3-5-12(6-4-11)15-13-7-9-14(2)10-8-13/h2*3-6,13H,7-10H2,1-2H3. The average molecular weight is 443 g/mol. The van der Waals surface area contributed by atoms with Gasteiger partial charge >= 0.3 is 0 Å². The van der Waals surface area contributed by atoms with Crippen LogP contribution < -0.4 is 0 Å². The predicted octanol–water partition coefficient (Wildman–Crippen LogP) is 6.36. The summed E-state index contributed by atoms with van der Waals surface area (Å²) >= 11 is 4.10. The summed E-state index contributed by atoms with van der Waals surface area (Å²) < 4.78 is 0. The van der Waals surface area contributed by atoms with Gasteiger partial charge in [-0.1, -0.05) is 35.4 Å². The van der Waals surface area contributed by atoms with Gasteiger partial charge in [-0.3, -0.25) is 0 Å². The summed E-state index contributed by atoms with van der Waals surface area (Å²) in [5, 5.41) is 1.65. The molecule has 2 nitrogen and oxygen atoms in total. The van der Waals surface area contributed by atoms with E-state index >= 15 is 0 Å². The van der Waals surface area contributed by atoms with E-state index in [2.05, 4.69) is 86.3 Å². The van der Waals surface area contributed by atoms with Crippen LogP contribution in [-0.4, -0.2) is 60.6 Å². The fourth-order valence-electron chi connectivity index (χ4n) is 3.82. The SMILES string of the molecule is Cc1ccc(SC2CCN(C)CC2)cc1.Cc1ccc(SC2CCN(C)CC2)cc1. The van der Waals surface area contributed by atoms with E-state index in [9.17, 15) is 0 Å². The summed E-state index contributed by atoms with van der Waals surface area (Å²) in [6, 6.07) is 17.8. The lowest BCUT2D eigenvalue weighted by Crippen LogP contribution is -2.31. The van der Waals surface area contributed by atoms with Crippen LogP contribution >= 0.6 is 23.5 Å². The number of hydrogen-bond donors (Lipinski definition) is 0. The molecule has 2 heterocycles. The Labute approximate surface area is 192 Å². The van der Waals surface area contributed by atoms with Crippen LogP contribution in [0.3, 0.4) is 0 Å². The molecule has 0 saturated carbocycles. The van der Waals surface area contributed by atoms with E-state index < -0.39 is 0 Å². The molecular weight excluding hydrogens is 404 g/mol. The summed E-state index contributed by atoms with van der Waals surface area (Å²) in [6.07, 6.45) is 5.31. The zero-order chi connectivity index (χ0) is 21.3. The summed E-state index contributed by atoms with van der Waals surface area (Å²) in [5.74, 6) is 0. The number of nitrogens with zero attached hydrogens (tertiary/aromatic N) is 2. The molecule has 164 valence electrons. The van der Waals surface area contributed by atoms with Crippen LogP contribution in [0.5, 0.6) is 0 Å². The third-order valence-corrected chi connectivity index (χ3v) is 8.68. The summed E-state index contributed by atoms with van der Waals surface area (Å²) in [7, 11) is 4.43. The van der Waals surface area contributed by atoms with Crippen molar-refractivity contribution in [1.29, 1.82) is 0 Å². The monoisotopic (exact) mass is 442 g/mol. The van der Waals surface area contributed by atoms with E-state index in [0.717, 1.165) is 10.5 Å². The fraction of sp³-hybridized carbons (Fsp3) is 0.538. The maximum absolute atomic E-state index is 2.42. The van der Waals surface area contributed by atoms with Gasteiger partial charge in [-0.15, -0.1) is 23.5 Å². The maximum atomic E-state index is 2.42. The number of benzene rings is 2. The Bertz CT molecular complexity index is 663. The number of aryl methyl sites for hydroxylation is 2. The first-order chi connectivity index (χ1) is 14.5. The topological polar surface area (TPSA) is 6.48 Å². The Balaban J connectivity index is 0.000000171. The maximum Gasteiger partial charge on any atom is 0.0119 e. The Morgan fingerprint density at radius 2 is 0.867 bits per heavy atom. The first kappa shape index (κ1) is 23.7. The first-order valence-electron chi connectivity index (χ1n) is 11.3. The van der Waals surface area contributed by atoms with Crippen molar-refractivity contribution < 1.29 is 0 Å². The van der Waals surface area contributed by atoms with Gasteiger partial charge < -0.3 is 9.80 Å². The number of likely N-dealkylation sites (tertiary alicyclic amines) is 2. The molecule has 0 bridgehead atoms. The molecule has 0 spiro atoms. The Morgan fingerprint density at radius 1 is 0.567 bits per heavy atom. The summed E-state index contributed by atoms with van der Waals surface area (Å²) in [4.78, 5) is 7.70. The van der Waals surface area contributed by atoms with Crippen LogP contribution in [-0.2, 0) is 0 Å². The molecular formula is C26H38N2S2. The normalized spacial score (nSPS) is 19.3. The van der Waals surface area contributed by atoms with Gasteiger partial charge in [0.2, 0.25) is 0 Å². The highest BCUT2D eigenvalue weighted by Crippen LogP contribution is 2.31. The number of rotatable bonds is 4. The smallest absolute Gasteiger partial charge is 0.0119 e. The number of piperidine rings is 2. The third kappa shape index (κ3) is 8.30. The molecule has 30 heavy (non-hydrogen) atoms. The highest BCUT2D eigenvalue weighted by molar-refractivity contribution is 8.00. The number of thioether (sulfide) groups is 2. The van der Waals surface area contributed by atoms with Crippen molar-refractivity contribution in [3.8, 4) is 0 Å². The molecule has 2 aliphatic heterocycles. The van der Waals surface area contributed by atoms with Gasteiger partial charge in [0.1, 0.15) is 0 Å². The van der Waals surface area contributed by atoms with Crippen LogP contribution in [0.2, 0.25) is 0 Å². The lowest BCUT2D eigenvalue weighted by Gasteiger charge is -2.28. The third-order valence-electron chi connectivity index (χ3n) is 5.98. The van der Waals surface area contributed by atoms with Crippen molar-refractivity contribution in [2.45, 2.75) is 59.8 Å². The summed E-state index contributed by atoms with van der Waals surface area (Å²) in [5.41, 5.74) is 2.70. The van der Waals surface area contributed by atoms with Crippen LogP contribution in [0.15, 0.2) is 58.3 Å². The molecule has 0 atom stereocenters. The molecule has 2 fully saturated rings. The molecule has 0 amide bonds. The molecule has 0 unspecified atom stereocenters. The first-order valence-corrected chi connectivity index (χ1v) is 13.1. The minimum Gasteiger partial charge on any atom is -0.306 e. The quantitative estimate of drug-likeness (QED) is 0.543. The molecule has 2 aromatic carbocycles. The van der Waals surface area contributed by atoms with Crippen molar-refractivity contribution in [2.75, 3.05) is 40.3 Å². The largest absolute Gasteiger partial charge is 0.306 e. The van der Waals surface area contributed by atoms with Crippen LogP contribution in [0.1, 0.15) is 36.8 Å². The van der Waals surface area contributed by atoms with E-state index in [-0.39, 0.29) is 0 Å². The van der Waals surface area contributed by atoms with Crippen molar-refractivity contribution in [1.82, 2.24) is 9.80 Å². The molecule has 4 heteroatoms. The van der Waals surface area contributed by atoms with Gasteiger partial charge in [0.25, 0.3) is 0 Å². The van der Waals surface area contributed by atoms with Gasteiger partial charge in [0, 0.05) is 20.3 Å². The highest BCUT2D eigenvalue weighted by Gasteiger charge is 2.18. The zero-order valence-electron chi connectivity index (χ0n) is 19.1.